The number of para-hydroxylation sites is 1. The van der Waals surface area contributed by atoms with Crippen LogP contribution in [0.25, 0.3) is 22.2 Å². The maximum atomic E-state index is 12.8. The Kier molecular flexibility index (Phi) is 4.57. The number of hydrogen-bond acceptors (Lipinski definition) is 5. The second-order valence-corrected chi connectivity index (χ2v) is 10.9. The van der Waals surface area contributed by atoms with Gasteiger partial charge in [-0.3, -0.25) is 0 Å². The van der Waals surface area contributed by atoms with Crippen LogP contribution in [-0.2, 0) is 17.4 Å². The number of hydrogen-bond donors (Lipinski definition) is 3. The first-order valence-corrected chi connectivity index (χ1v) is 11.9. The van der Waals surface area contributed by atoms with Crippen molar-refractivity contribution in [1.29, 1.82) is 0 Å². The molecule has 4 rings (SSSR count). The molecule has 1 aliphatic rings. The summed E-state index contributed by atoms with van der Waals surface area (Å²) >= 11 is 0. The second-order valence-electron chi connectivity index (χ2n) is 7.68. The summed E-state index contributed by atoms with van der Waals surface area (Å²) in [7, 11) is -2.40. The van der Waals surface area contributed by atoms with Gasteiger partial charge in [0.2, 0.25) is 5.95 Å². The average Bonchev–Trinajstić information content (AvgIpc) is 2.88. The zero-order valence-electron chi connectivity index (χ0n) is 15.9. The molecule has 3 N–H and O–H groups in total. The first-order chi connectivity index (χ1) is 12.8. The van der Waals surface area contributed by atoms with Gasteiger partial charge in [0.25, 0.3) is 0 Å². The van der Waals surface area contributed by atoms with Crippen molar-refractivity contribution in [2.75, 3.05) is 25.2 Å². The van der Waals surface area contributed by atoms with Crippen LogP contribution in [-0.4, -0.2) is 46.0 Å². The molecule has 0 radical (unpaired) electrons. The predicted molar refractivity (Wildman–Crippen MR) is 111 cm³/mol. The van der Waals surface area contributed by atoms with Crippen LogP contribution in [0.5, 0.6) is 0 Å². The molecule has 0 unspecified atom stereocenters. The van der Waals surface area contributed by atoms with E-state index in [0.717, 1.165) is 58.0 Å². The molecule has 0 amide bonds. The molecule has 1 aromatic carbocycles. The summed E-state index contributed by atoms with van der Waals surface area (Å²) in [5, 5.41) is 14.6. The molecular formula is C20H25N4O2P. The largest absolute Gasteiger partial charge is 0.392 e. The number of fused-ring (bicyclic) bond motifs is 5. The highest BCUT2D eigenvalue weighted by molar-refractivity contribution is 7.70. The summed E-state index contributed by atoms with van der Waals surface area (Å²) in [6, 6.07) is 6.00. The highest BCUT2D eigenvalue weighted by atomic mass is 31.2. The molecule has 1 aliphatic carbocycles. The van der Waals surface area contributed by atoms with E-state index in [1.807, 2.05) is 31.7 Å². The smallest absolute Gasteiger partial charge is 0.223 e. The molecular weight excluding hydrogens is 359 g/mol. The quantitative estimate of drug-likeness (QED) is 0.601. The minimum absolute atomic E-state index is 0.401. The van der Waals surface area contributed by atoms with Gasteiger partial charge in [0.1, 0.15) is 7.14 Å². The van der Waals surface area contributed by atoms with Gasteiger partial charge in [0, 0.05) is 34.7 Å². The van der Waals surface area contributed by atoms with Gasteiger partial charge in [-0.2, -0.15) is 0 Å². The van der Waals surface area contributed by atoms with Gasteiger partial charge < -0.3 is 20.0 Å². The van der Waals surface area contributed by atoms with Crippen molar-refractivity contribution in [3.05, 3.63) is 35.7 Å². The lowest BCUT2D eigenvalue weighted by atomic mass is 10.0. The fraction of sp³-hybridized carbons (Fsp3) is 0.400. The van der Waals surface area contributed by atoms with Crippen molar-refractivity contribution in [2.24, 2.45) is 0 Å². The van der Waals surface area contributed by atoms with E-state index in [1.54, 1.807) is 6.92 Å². The number of H-pyrrole nitrogens is 1. The minimum Gasteiger partial charge on any atom is -0.392 e. The fourth-order valence-electron chi connectivity index (χ4n) is 3.75. The Labute approximate surface area is 158 Å². The number of anilines is 1. The van der Waals surface area contributed by atoms with E-state index in [4.69, 9.17) is 4.98 Å². The van der Waals surface area contributed by atoms with E-state index in [0.29, 0.717) is 12.5 Å². The summed E-state index contributed by atoms with van der Waals surface area (Å²) < 4.78 is 12.8. The van der Waals surface area contributed by atoms with E-state index in [1.165, 1.54) is 0 Å². The molecule has 0 saturated heterocycles. The Bertz CT molecular complexity index is 1050. The topological polar surface area (TPSA) is 90.9 Å². The first-order valence-electron chi connectivity index (χ1n) is 9.32. The maximum absolute atomic E-state index is 12.8. The lowest BCUT2D eigenvalue weighted by Crippen LogP contribution is -2.17. The molecule has 2 aromatic heterocycles. The molecule has 0 saturated carbocycles. The fourth-order valence-corrected chi connectivity index (χ4v) is 4.91. The Balaban J connectivity index is 1.92. The van der Waals surface area contributed by atoms with Crippen LogP contribution in [0, 0.1) is 0 Å². The molecule has 142 valence electrons. The van der Waals surface area contributed by atoms with Gasteiger partial charge in [-0.15, -0.1) is 0 Å². The van der Waals surface area contributed by atoms with E-state index in [9.17, 15) is 9.67 Å². The number of aryl methyl sites for hydroxylation is 2. The summed E-state index contributed by atoms with van der Waals surface area (Å²) in [5.41, 5.74) is 5.25. The Morgan fingerprint density at radius 1 is 1.33 bits per heavy atom. The van der Waals surface area contributed by atoms with Gasteiger partial charge in [-0.25, -0.2) is 9.97 Å². The molecule has 3 aromatic rings. The standard InChI is InChI=1S/C20H25N4O2P/c1-12(25)10-21-20-22-11-13-6-4-8-15-17(18(13)24-20)14-7-5-9-16(19(14)23-15)27(2,3)26/h5,7,9,11-12,23,25H,4,6,8,10H2,1-3H3,(H,21,22,24)/t12-/m0/s1. The number of aliphatic hydroxyl groups excluding tert-OH is 1. The van der Waals surface area contributed by atoms with E-state index >= 15 is 0 Å². The first kappa shape index (κ1) is 18.2. The third kappa shape index (κ3) is 3.40. The van der Waals surface area contributed by atoms with Crippen LogP contribution in [0.1, 0.15) is 24.6 Å². The van der Waals surface area contributed by atoms with Crippen molar-refractivity contribution < 1.29 is 9.67 Å². The number of aromatic amines is 1. The third-order valence-corrected chi connectivity index (χ3v) is 6.53. The van der Waals surface area contributed by atoms with Crippen molar-refractivity contribution in [2.45, 2.75) is 32.3 Å². The molecule has 0 spiro atoms. The Hall–Kier alpha value is -2.17. The van der Waals surface area contributed by atoms with Crippen molar-refractivity contribution >= 4 is 29.3 Å². The average molecular weight is 384 g/mol. The van der Waals surface area contributed by atoms with Crippen LogP contribution >= 0.6 is 7.14 Å². The Morgan fingerprint density at radius 2 is 2.15 bits per heavy atom. The van der Waals surface area contributed by atoms with E-state index < -0.39 is 13.2 Å². The maximum Gasteiger partial charge on any atom is 0.223 e. The third-order valence-electron chi connectivity index (χ3n) is 5.00. The Morgan fingerprint density at radius 3 is 2.89 bits per heavy atom. The van der Waals surface area contributed by atoms with Gasteiger partial charge >= 0.3 is 0 Å². The highest BCUT2D eigenvalue weighted by Gasteiger charge is 2.25. The predicted octanol–water partition coefficient (Wildman–Crippen LogP) is 3.15. The van der Waals surface area contributed by atoms with Crippen LogP contribution in [0.15, 0.2) is 24.4 Å². The molecule has 27 heavy (non-hydrogen) atoms. The van der Waals surface area contributed by atoms with Gasteiger partial charge in [-0.1, -0.05) is 12.1 Å². The minimum atomic E-state index is -2.40. The number of rotatable bonds is 4. The van der Waals surface area contributed by atoms with Crippen molar-refractivity contribution in [3.63, 3.8) is 0 Å². The lowest BCUT2D eigenvalue weighted by molar-refractivity contribution is 0.208. The summed E-state index contributed by atoms with van der Waals surface area (Å²) in [6.45, 7) is 5.74. The number of aliphatic hydroxyl groups is 1. The van der Waals surface area contributed by atoms with Crippen molar-refractivity contribution in [3.8, 4) is 11.3 Å². The molecule has 7 heteroatoms. The van der Waals surface area contributed by atoms with Crippen molar-refractivity contribution in [1.82, 2.24) is 15.0 Å². The molecule has 0 fully saturated rings. The van der Waals surface area contributed by atoms with Gasteiger partial charge in [-0.05, 0) is 51.1 Å². The molecule has 0 bridgehead atoms. The monoisotopic (exact) mass is 384 g/mol. The second kappa shape index (κ2) is 6.77. The van der Waals surface area contributed by atoms with Crippen LogP contribution < -0.4 is 10.6 Å². The van der Waals surface area contributed by atoms with Gasteiger partial charge in [0.15, 0.2) is 0 Å². The van der Waals surface area contributed by atoms with Crippen LogP contribution in [0.4, 0.5) is 5.95 Å². The molecule has 0 aliphatic heterocycles. The van der Waals surface area contributed by atoms with Gasteiger partial charge in [0.05, 0.1) is 17.3 Å². The lowest BCUT2D eigenvalue weighted by Gasteiger charge is -2.11. The van der Waals surface area contributed by atoms with Crippen LogP contribution in [0.2, 0.25) is 0 Å². The molecule has 6 nitrogen and oxygen atoms in total. The number of aromatic nitrogens is 3. The zero-order valence-corrected chi connectivity index (χ0v) is 16.8. The van der Waals surface area contributed by atoms with E-state index in [2.05, 4.69) is 21.4 Å². The van der Waals surface area contributed by atoms with E-state index in [-0.39, 0.29) is 0 Å². The molecule has 1 atom stereocenters. The normalized spacial score (nSPS) is 15.1. The summed E-state index contributed by atoms with van der Waals surface area (Å²) in [5.74, 6) is 0.518. The number of benzene rings is 1. The van der Waals surface area contributed by atoms with Crippen LogP contribution in [0.3, 0.4) is 0 Å². The SMILES string of the molecule is C[C@H](O)CNc1ncc2c(n1)-c1c([nH]c3c(P(C)(C)=O)cccc13)CCC2. The summed E-state index contributed by atoms with van der Waals surface area (Å²) in [6.07, 6.45) is 4.28. The summed E-state index contributed by atoms with van der Waals surface area (Å²) in [4.78, 5) is 12.7. The number of nitrogens with one attached hydrogen (secondary N) is 2. The number of nitrogens with zero attached hydrogens (tertiary/aromatic N) is 2. The zero-order chi connectivity index (χ0) is 19.2. The highest BCUT2D eigenvalue weighted by Crippen LogP contribution is 2.42. The molecule has 2 heterocycles.